The van der Waals surface area contributed by atoms with Gasteiger partial charge in [0.25, 0.3) is 0 Å². The Balaban J connectivity index is 0. The lowest BCUT2D eigenvalue weighted by Crippen LogP contribution is -2.11. The molecule has 6 heteroatoms. The minimum absolute atomic E-state index is 0. The van der Waals surface area contributed by atoms with E-state index in [4.69, 9.17) is 5.73 Å². The van der Waals surface area contributed by atoms with Gasteiger partial charge >= 0.3 is 0 Å². The van der Waals surface area contributed by atoms with Crippen LogP contribution in [0.5, 0.6) is 0 Å². The van der Waals surface area contributed by atoms with Crippen molar-refractivity contribution in [3.63, 3.8) is 0 Å². The maximum Gasteiger partial charge on any atom is 0.224 e. The van der Waals surface area contributed by atoms with Gasteiger partial charge in [0.15, 0.2) is 0 Å². The number of unbranched alkanes of at least 4 members (excludes halogenated alkanes) is 3. The van der Waals surface area contributed by atoms with Crippen LogP contribution in [0.15, 0.2) is 24.5 Å². The molecule has 0 atom stereocenters. The molecule has 1 amide bonds. The second kappa shape index (κ2) is 12.6. The number of pyridine rings is 1. The van der Waals surface area contributed by atoms with E-state index in [0.29, 0.717) is 6.42 Å². The highest BCUT2D eigenvalue weighted by Crippen LogP contribution is 2.06. The zero-order chi connectivity index (χ0) is 11.6. The van der Waals surface area contributed by atoms with Crippen LogP contribution in [0.2, 0.25) is 0 Å². The quantitative estimate of drug-likeness (QED) is 0.760. The molecule has 1 heterocycles. The molecule has 0 saturated carbocycles. The van der Waals surface area contributed by atoms with E-state index < -0.39 is 0 Å². The van der Waals surface area contributed by atoms with Crippen LogP contribution in [-0.2, 0) is 4.79 Å². The van der Waals surface area contributed by atoms with Crippen molar-refractivity contribution in [2.75, 3.05) is 11.9 Å². The first kappa shape index (κ1) is 19.5. The van der Waals surface area contributed by atoms with E-state index in [1.165, 1.54) is 0 Å². The fraction of sp³-hybridized carbons (Fsp3) is 0.500. The summed E-state index contributed by atoms with van der Waals surface area (Å²) in [5.74, 6) is 0.0562. The van der Waals surface area contributed by atoms with Gasteiger partial charge in [-0.25, -0.2) is 0 Å². The van der Waals surface area contributed by atoms with Crippen LogP contribution in [0.1, 0.15) is 32.1 Å². The molecule has 4 nitrogen and oxygen atoms in total. The highest BCUT2D eigenvalue weighted by Gasteiger charge is 2.01. The number of amides is 1. The van der Waals surface area contributed by atoms with Crippen molar-refractivity contribution < 1.29 is 4.79 Å². The van der Waals surface area contributed by atoms with Gasteiger partial charge in [-0.1, -0.05) is 12.8 Å². The summed E-state index contributed by atoms with van der Waals surface area (Å²) in [6.45, 7) is 0.738. The Kier molecular flexibility index (Phi) is 13.7. The Bertz CT molecular complexity index is 309. The van der Waals surface area contributed by atoms with Gasteiger partial charge in [0.05, 0.1) is 11.9 Å². The Hall–Kier alpha value is -0.840. The molecule has 1 rings (SSSR count). The largest absolute Gasteiger partial charge is 0.330 e. The summed E-state index contributed by atoms with van der Waals surface area (Å²) in [7, 11) is 0. The molecular weight excluding hydrogens is 273 g/mol. The van der Waals surface area contributed by atoms with E-state index >= 15 is 0 Å². The first-order valence-electron chi connectivity index (χ1n) is 5.73. The zero-order valence-electron chi connectivity index (χ0n) is 10.3. The lowest BCUT2D eigenvalue weighted by molar-refractivity contribution is -0.116. The predicted molar refractivity (Wildman–Crippen MR) is 79.5 cm³/mol. The molecular formula is C12H21Cl2N3O. The molecule has 0 saturated heterocycles. The molecule has 0 spiro atoms. The first-order valence-corrected chi connectivity index (χ1v) is 5.73. The second-order valence-corrected chi connectivity index (χ2v) is 3.74. The van der Waals surface area contributed by atoms with Crippen LogP contribution < -0.4 is 11.1 Å². The summed E-state index contributed by atoms with van der Waals surface area (Å²) in [5, 5.41) is 2.81. The van der Waals surface area contributed by atoms with Gasteiger partial charge in [-0.05, 0) is 31.5 Å². The molecule has 0 aliphatic rings. The van der Waals surface area contributed by atoms with Gasteiger partial charge in [0.1, 0.15) is 0 Å². The van der Waals surface area contributed by atoms with Crippen molar-refractivity contribution in [1.29, 1.82) is 0 Å². The predicted octanol–water partition coefficient (Wildman–Crippen LogP) is 2.77. The van der Waals surface area contributed by atoms with Crippen molar-refractivity contribution in [2.45, 2.75) is 32.1 Å². The van der Waals surface area contributed by atoms with E-state index in [1.807, 2.05) is 6.07 Å². The van der Waals surface area contributed by atoms with E-state index in [1.54, 1.807) is 18.5 Å². The Labute approximate surface area is 121 Å². The van der Waals surface area contributed by atoms with Crippen LogP contribution in [0, 0.1) is 0 Å². The van der Waals surface area contributed by atoms with Gasteiger partial charge < -0.3 is 11.1 Å². The number of aromatic nitrogens is 1. The number of carbonyl (C=O) groups excluding carboxylic acids is 1. The van der Waals surface area contributed by atoms with Crippen LogP contribution in [-0.4, -0.2) is 17.4 Å². The highest BCUT2D eigenvalue weighted by atomic mass is 35.5. The maximum atomic E-state index is 11.5. The van der Waals surface area contributed by atoms with E-state index in [2.05, 4.69) is 10.3 Å². The third kappa shape index (κ3) is 9.22. The van der Waals surface area contributed by atoms with Gasteiger partial charge in [-0.15, -0.1) is 24.8 Å². The molecule has 0 unspecified atom stereocenters. The average Bonchev–Trinajstić information content (AvgIpc) is 2.30. The molecule has 3 N–H and O–H groups in total. The lowest BCUT2D eigenvalue weighted by atomic mass is 10.1. The van der Waals surface area contributed by atoms with Crippen LogP contribution in [0.4, 0.5) is 5.69 Å². The number of rotatable bonds is 7. The topological polar surface area (TPSA) is 68.0 Å². The van der Waals surface area contributed by atoms with Gasteiger partial charge in [0.2, 0.25) is 5.91 Å². The monoisotopic (exact) mass is 293 g/mol. The minimum Gasteiger partial charge on any atom is -0.330 e. The molecule has 0 aromatic carbocycles. The van der Waals surface area contributed by atoms with Crippen LogP contribution >= 0.6 is 24.8 Å². The van der Waals surface area contributed by atoms with Crippen molar-refractivity contribution >= 4 is 36.4 Å². The lowest BCUT2D eigenvalue weighted by Gasteiger charge is -2.04. The third-order valence-electron chi connectivity index (χ3n) is 2.30. The molecule has 104 valence electrons. The Morgan fingerprint density at radius 1 is 1.22 bits per heavy atom. The summed E-state index contributed by atoms with van der Waals surface area (Å²) in [6.07, 6.45) is 8.04. The molecule has 0 aliphatic heterocycles. The second-order valence-electron chi connectivity index (χ2n) is 3.74. The molecule has 0 aliphatic carbocycles. The SMILES string of the molecule is Cl.Cl.NCCCCCCC(=O)Nc1cccnc1. The van der Waals surface area contributed by atoms with E-state index in [0.717, 1.165) is 37.9 Å². The number of anilines is 1. The molecule has 0 radical (unpaired) electrons. The average molecular weight is 294 g/mol. The van der Waals surface area contributed by atoms with Gasteiger partial charge in [0, 0.05) is 12.6 Å². The highest BCUT2D eigenvalue weighted by molar-refractivity contribution is 5.90. The molecule has 18 heavy (non-hydrogen) atoms. The molecule has 0 bridgehead atoms. The molecule has 1 aromatic heterocycles. The van der Waals surface area contributed by atoms with Gasteiger partial charge in [-0.2, -0.15) is 0 Å². The Morgan fingerprint density at radius 3 is 2.56 bits per heavy atom. The van der Waals surface area contributed by atoms with Crippen LogP contribution in [0.25, 0.3) is 0 Å². The van der Waals surface area contributed by atoms with Crippen molar-refractivity contribution in [2.24, 2.45) is 5.73 Å². The standard InChI is InChI=1S/C12H19N3O.2ClH/c13-8-4-2-1-3-7-12(16)15-11-6-5-9-14-10-11;;/h5-6,9-10H,1-4,7-8,13H2,(H,15,16);2*1H. The summed E-state index contributed by atoms with van der Waals surface area (Å²) >= 11 is 0. The summed E-state index contributed by atoms with van der Waals surface area (Å²) in [4.78, 5) is 15.4. The zero-order valence-corrected chi connectivity index (χ0v) is 11.9. The first-order chi connectivity index (χ1) is 7.83. The summed E-state index contributed by atoms with van der Waals surface area (Å²) < 4.78 is 0. The number of nitrogens with one attached hydrogen (secondary N) is 1. The number of hydrogen-bond acceptors (Lipinski definition) is 3. The van der Waals surface area contributed by atoms with Crippen molar-refractivity contribution in [3.8, 4) is 0 Å². The molecule has 1 aromatic rings. The van der Waals surface area contributed by atoms with Gasteiger partial charge in [-0.3, -0.25) is 9.78 Å². The number of nitrogens with two attached hydrogens (primary N) is 1. The smallest absolute Gasteiger partial charge is 0.224 e. The normalized spacial score (nSPS) is 8.94. The van der Waals surface area contributed by atoms with E-state index in [9.17, 15) is 4.79 Å². The Morgan fingerprint density at radius 2 is 1.94 bits per heavy atom. The molecule has 0 fully saturated rings. The number of nitrogens with zero attached hydrogens (tertiary/aromatic N) is 1. The number of halogens is 2. The summed E-state index contributed by atoms with van der Waals surface area (Å²) in [5.41, 5.74) is 6.15. The maximum absolute atomic E-state index is 11.5. The van der Waals surface area contributed by atoms with Crippen LogP contribution in [0.3, 0.4) is 0 Å². The fourth-order valence-corrected chi connectivity index (χ4v) is 1.44. The number of hydrogen-bond donors (Lipinski definition) is 2. The number of carbonyl (C=O) groups is 1. The minimum atomic E-state index is 0. The summed E-state index contributed by atoms with van der Waals surface area (Å²) in [6, 6.07) is 3.64. The van der Waals surface area contributed by atoms with Crippen molar-refractivity contribution in [3.05, 3.63) is 24.5 Å². The third-order valence-corrected chi connectivity index (χ3v) is 2.30. The fourth-order valence-electron chi connectivity index (χ4n) is 1.44. The van der Waals surface area contributed by atoms with E-state index in [-0.39, 0.29) is 30.7 Å². The van der Waals surface area contributed by atoms with Crippen molar-refractivity contribution in [1.82, 2.24) is 4.98 Å².